The van der Waals surface area contributed by atoms with Gasteiger partial charge >= 0.3 is 5.97 Å². The minimum atomic E-state index is -0.872. The van der Waals surface area contributed by atoms with E-state index >= 15 is 0 Å². The van der Waals surface area contributed by atoms with Crippen molar-refractivity contribution in [3.05, 3.63) is 36.5 Å². The van der Waals surface area contributed by atoms with Crippen molar-refractivity contribution in [3.63, 3.8) is 0 Å². The fourth-order valence-corrected chi connectivity index (χ4v) is 2.70. The molecule has 0 atom stereocenters. The van der Waals surface area contributed by atoms with Gasteiger partial charge in [0, 0.05) is 37.8 Å². The summed E-state index contributed by atoms with van der Waals surface area (Å²) in [6.07, 6.45) is 2.36. The van der Waals surface area contributed by atoms with Crippen molar-refractivity contribution in [2.75, 3.05) is 13.1 Å². The zero-order chi connectivity index (χ0) is 16.8. The van der Waals surface area contributed by atoms with Crippen molar-refractivity contribution in [2.45, 2.75) is 33.2 Å². The van der Waals surface area contributed by atoms with Gasteiger partial charge in [-0.1, -0.05) is 32.0 Å². The molecule has 124 valence electrons. The van der Waals surface area contributed by atoms with E-state index < -0.39 is 5.97 Å². The van der Waals surface area contributed by atoms with Crippen molar-refractivity contribution in [3.8, 4) is 0 Å². The third-order valence-electron chi connectivity index (χ3n) is 3.78. The SMILES string of the molecule is CC(C)CN(CCC(=O)O)C(=O)CCn1ccc2ccccc21. The van der Waals surface area contributed by atoms with Crippen LogP contribution in [0.3, 0.4) is 0 Å². The molecule has 0 aliphatic rings. The van der Waals surface area contributed by atoms with Crippen molar-refractivity contribution in [1.29, 1.82) is 0 Å². The van der Waals surface area contributed by atoms with Crippen molar-refractivity contribution in [2.24, 2.45) is 5.92 Å². The molecule has 2 rings (SSSR count). The molecule has 5 nitrogen and oxygen atoms in total. The molecule has 5 heteroatoms. The van der Waals surface area contributed by atoms with Crippen molar-refractivity contribution < 1.29 is 14.7 Å². The zero-order valence-electron chi connectivity index (χ0n) is 13.7. The molecule has 0 unspecified atom stereocenters. The van der Waals surface area contributed by atoms with Gasteiger partial charge in [-0.2, -0.15) is 0 Å². The van der Waals surface area contributed by atoms with Gasteiger partial charge in [0.25, 0.3) is 0 Å². The lowest BCUT2D eigenvalue weighted by atomic mass is 10.2. The first-order valence-corrected chi connectivity index (χ1v) is 8.01. The molecule has 1 aromatic heterocycles. The maximum absolute atomic E-state index is 12.4. The summed E-state index contributed by atoms with van der Waals surface area (Å²) in [6, 6.07) is 10.1. The van der Waals surface area contributed by atoms with E-state index in [1.165, 1.54) is 0 Å². The Balaban J connectivity index is 1.98. The minimum Gasteiger partial charge on any atom is -0.481 e. The lowest BCUT2D eigenvalue weighted by molar-refractivity contribution is -0.138. The molecule has 0 saturated heterocycles. The average molecular weight is 316 g/mol. The number of aromatic nitrogens is 1. The number of fused-ring (bicyclic) bond motifs is 1. The first kappa shape index (κ1) is 17.1. The first-order valence-electron chi connectivity index (χ1n) is 8.01. The summed E-state index contributed by atoms with van der Waals surface area (Å²) in [5.74, 6) is -0.541. The number of amides is 1. The van der Waals surface area contributed by atoms with Gasteiger partial charge in [0.15, 0.2) is 0 Å². The maximum Gasteiger partial charge on any atom is 0.305 e. The number of carbonyl (C=O) groups is 2. The van der Waals surface area contributed by atoms with Gasteiger partial charge < -0.3 is 14.6 Å². The van der Waals surface area contributed by atoms with E-state index in [-0.39, 0.29) is 18.9 Å². The van der Waals surface area contributed by atoms with Gasteiger partial charge in [-0.15, -0.1) is 0 Å². The number of carboxylic acids is 1. The number of benzene rings is 1. The second kappa shape index (κ2) is 7.81. The number of carboxylic acid groups (broad SMARTS) is 1. The Kier molecular flexibility index (Phi) is 5.79. The average Bonchev–Trinajstić information content (AvgIpc) is 2.92. The van der Waals surface area contributed by atoms with Crippen molar-refractivity contribution in [1.82, 2.24) is 9.47 Å². The number of carbonyl (C=O) groups excluding carboxylic acids is 1. The molecule has 0 spiro atoms. The van der Waals surface area contributed by atoms with E-state index in [1.807, 2.05) is 50.4 Å². The highest BCUT2D eigenvalue weighted by atomic mass is 16.4. The van der Waals surface area contributed by atoms with Crippen LogP contribution in [0.5, 0.6) is 0 Å². The van der Waals surface area contributed by atoms with Crippen LogP contribution in [0.15, 0.2) is 36.5 Å². The summed E-state index contributed by atoms with van der Waals surface area (Å²) in [4.78, 5) is 24.9. The molecule has 2 aromatic rings. The molecular formula is C18H24N2O3. The van der Waals surface area contributed by atoms with Gasteiger partial charge in [-0.25, -0.2) is 0 Å². The van der Waals surface area contributed by atoms with E-state index in [9.17, 15) is 9.59 Å². The summed E-state index contributed by atoms with van der Waals surface area (Å²) in [6.45, 7) is 5.53. The van der Waals surface area contributed by atoms with Crippen molar-refractivity contribution >= 4 is 22.8 Å². The molecule has 0 aliphatic heterocycles. The third-order valence-corrected chi connectivity index (χ3v) is 3.78. The Bertz CT molecular complexity index is 676. The molecule has 0 saturated carbocycles. The minimum absolute atomic E-state index is 0.00902. The number of rotatable bonds is 8. The van der Waals surface area contributed by atoms with E-state index in [4.69, 9.17) is 5.11 Å². The van der Waals surface area contributed by atoms with E-state index in [1.54, 1.807) is 4.90 Å². The van der Waals surface area contributed by atoms with Gasteiger partial charge in [-0.3, -0.25) is 9.59 Å². The van der Waals surface area contributed by atoms with Gasteiger partial charge in [0.1, 0.15) is 0 Å². The monoisotopic (exact) mass is 316 g/mol. The molecule has 1 heterocycles. The summed E-state index contributed by atoms with van der Waals surface area (Å²) in [5, 5.41) is 9.99. The van der Waals surface area contributed by atoms with Crippen LogP contribution in [-0.4, -0.2) is 39.5 Å². The number of para-hydroxylation sites is 1. The van der Waals surface area contributed by atoms with E-state index in [0.717, 1.165) is 10.9 Å². The quantitative estimate of drug-likeness (QED) is 0.814. The smallest absolute Gasteiger partial charge is 0.305 e. The standard InChI is InChI=1S/C18H24N2O3/c1-14(2)13-20(12-9-18(22)23)17(21)8-11-19-10-7-15-5-3-4-6-16(15)19/h3-7,10,14H,8-9,11-13H2,1-2H3,(H,22,23). The molecule has 1 aromatic carbocycles. The zero-order valence-corrected chi connectivity index (χ0v) is 13.7. The highest BCUT2D eigenvalue weighted by Crippen LogP contribution is 2.15. The predicted molar refractivity (Wildman–Crippen MR) is 90.2 cm³/mol. The number of aryl methyl sites for hydroxylation is 1. The van der Waals surface area contributed by atoms with E-state index in [2.05, 4.69) is 4.57 Å². The van der Waals surface area contributed by atoms with Crippen LogP contribution in [0.25, 0.3) is 10.9 Å². The summed E-state index contributed by atoms with van der Waals surface area (Å²) < 4.78 is 2.07. The Labute approximate surface area is 136 Å². The van der Waals surface area contributed by atoms with Gasteiger partial charge in [-0.05, 0) is 23.4 Å². The highest BCUT2D eigenvalue weighted by molar-refractivity contribution is 5.80. The normalized spacial score (nSPS) is 11.1. The topological polar surface area (TPSA) is 62.5 Å². The molecule has 0 fully saturated rings. The number of nitrogens with zero attached hydrogens (tertiary/aromatic N) is 2. The first-order chi connectivity index (χ1) is 11.0. The van der Waals surface area contributed by atoms with E-state index in [0.29, 0.717) is 25.4 Å². The Morgan fingerprint density at radius 1 is 1.17 bits per heavy atom. The summed E-state index contributed by atoms with van der Waals surface area (Å²) in [5.41, 5.74) is 1.11. The molecule has 23 heavy (non-hydrogen) atoms. The number of hydrogen-bond donors (Lipinski definition) is 1. The molecular weight excluding hydrogens is 292 g/mol. The molecule has 0 bridgehead atoms. The Morgan fingerprint density at radius 3 is 2.61 bits per heavy atom. The fraction of sp³-hybridized carbons (Fsp3) is 0.444. The predicted octanol–water partition coefficient (Wildman–Crippen LogP) is 2.99. The van der Waals surface area contributed by atoms with Crippen LogP contribution >= 0.6 is 0 Å². The Hall–Kier alpha value is -2.30. The van der Waals surface area contributed by atoms with Crippen LogP contribution in [0.2, 0.25) is 0 Å². The van der Waals surface area contributed by atoms with Crippen LogP contribution in [0.1, 0.15) is 26.7 Å². The number of hydrogen-bond acceptors (Lipinski definition) is 2. The number of aliphatic carboxylic acids is 1. The maximum atomic E-state index is 12.4. The summed E-state index contributed by atoms with van der Waals surface area (Å²) >= 11 is 0. The van der Waals surface area contributed by atoms with Crippen LogP contribution in [0.4, 0.5) is 0 Å². The second-order valence-electron chi connectivity index (χ2n) is 6.20. The third kappa shape index (κ3) is 4.84. The van der Waals surface area contributed by atoms with Gasteiger partial charge in [0.05, 0.1) is 6.42 Å². The fourth-order valence-electron chi connectivity index (χ4n) is 2.70. The molecule has 1 amide bonds. The van der Waals surface area contributed by atoms with Gasteiger partial charge in [0.2, 0.25) is 5.91 Å². The second-order valence-corrected chi connectivity index (χ2v) is 6.20. The molecule has 0 radical (unpaired) electrons. The highest BCUT2D eigenvalue weighted by Gasteiger charge is 2.16. The van der Waals surface area contributed by atoms with Crippen LogP contribution < -0.4 is 0 Å². The molecule has 0 aliphatic carbocycles. The molecule has 1 N–H and O–H groups in total. The summed E-state index contributed by atoms with van der Waals surface area (Å²) in [7, 11) is 0. The van der Waals surface area contributed by atoms with Crippen LogP contribution in [-0.2, 0) is 16.1 Å². The Morgan fingerprint density at radius 2 is 1.91 bits per heavy atom. The lowest BCUT2D eigenvalue weighted by Crippen LogP contribution is -2.36. The van der Waals surface area contributed by atoms with Crippen LogP contribution in [0, 0.1) is 5.92 Å². The largest absolute Gasteiger partial charge is 0.481 e. The lowest BCUT2D eigenvalue weighted by Gasteiger charge is -2.24.